The van der Waals surface area contributed by atoms with Gasteiger partial charge in [0.05, 0.1) is 35.2 Å². The van der Waals surface area contributed by atoms with E-state index in [0.29, 0.717) is 25.2 Å². The largest absolute Gasteiger partial charge is 0.377 e. The number of nitro benzene ring substituents is 1. The van der Waals surface area contributed by atoms with E-state index in [4.69, 9.17) is 9.47 Å². The van der Waals surface area contributed by atoms with Crippen molar-refractivity contribution in [3.05, 3.63) is 40.1 Å². The molecule has 1 saturated heterocycles. The lowest BCUT2D eigenvalue weighted by molar-refractivity contribution is -0.383. The van der Waals surface area contributed by atoms with Gasteiger partial charge in [0.25, 0.3) is 5.69 Å². The van der Waals surface area contributed by atoms with Crippen molar-refractivity contribution < 1.29 is 14.4 Å². The van der Waals surface area contributed by atoms with Gasteiger partial charge in [-0.3, -0.25) is 10.1 Å². The number of nitro groups is 1. The van der Waals surface area contributed by atoms with Crippen LogP contribution in [0.2, 0.25) is 0 Å². The Kier molecular flexibility index (Phi) is 4.03. The van der Waals surface area contributed by atoms with Crippen LogP contribution in [0.5, 0.6) is 0 Å². The molecular weight excluding hydrogens is 310 g/mol. The summed E-state index contributed by atoms with van der Waals surface area (Å²) in [7, 11) is 0. The van der Waals surface area contributed by atoms with Crippen molar-refractivity contribution in [1.29, 1.82) is 0 Å². The molecule has 1 fully saturated rings. The van der Waals surface area contributed by atoms with E-state index in [0.717, 1.165) is 42.3 Å². The van der Waals surface area contributed by atoms with Gasteiger partial charge in [0, 0.05) is 12.7 Å². The number of hydrogen-bond acceptors (Lipinski definition) is 5. The highest BCUT2D eigenvalue weighted by atomic mass is 16.6. The minimum Gasteiger partial charge on any atom is -0.377 e. The summed E-state index contributed by atoms with van der Waals surface area (Å²) in [5.74, 6) is 0. The highest BCUT2D eigenvalue weighted by Gasteiger charge is 2.24. The van der Waals surface area contributed by atoms with Crippen molar-refractivity contribution in [3.8, 4) is 0 Å². The van der Waals surface area contributed by atoms with Crippen LogP contribution in [0.3, 0.4) is 0 Å². The monoisotopic (exact) mass is 329 g/mol. The van der Waals surface area contributed by atoms with Crippen molar-refractivity contribution >= 4 is 22.2 Å². The van der Waals surface area contributed by atoms with E-state index in [-0.39, 0.29) is 16.8 Å². The van der Waals surface area contributed by atoms with E-state index in [1.165, 1.54) is 0 Å². The Hall–Kier alpha value is -2.25. The Labute approximate surface area is 139 Å². The molecule has 0 spiro atoms. The maximum atomic E-state index is 11.5. The molecule has 7 nitrogen and oxygen atoms in total. The molecular formula is C17H19N3O4. The van der Waals surface area contributed by atoms with Crippen molar-refractivity contribution in [3.63, 3.8) is 0 Å². The number of rotatable bonds is 3. The van der Waals surface area contributed by atoms with E-state index < -0.39 is 0 Å². The van der Waals surface area contributed by atoms with Crippen LogP contribution in [-0.4, -0.2) is 34.5 Å². The summed E-state index contributed by atoms with van der Waals surface area (Å²) in [5.41, 5.74) is 2.81. The third-order valence-electron chi connectivity index (χ3n) is 4.65. The lowest BCUT2D eigenvalue weighted by Crippen LogP contribution is -2.19. The van der Waals surface area contributed by atoms with Crippen molar-refractivity contribution in [2.75, 3.05) is 19.8 Å². The number of hydrogen-bond donors (Lipinski definition) is 0. The van der Waals surface area contributed by atoms with Crippen molar-refractivity contribution in [2.45, 2.75) is 31.9 Å². The van der Waals surface area contributed by atoms with Gasteiger partial charge in [0.2, 0.25) is 0 Å². The Morgan fingerprint density at radius 1 is 1.29 bits per heavy atom. The zero-order chi connectivity index (χ0) is 16.5. The highest BCUT2D eigenvalue weighted by Crippen LogP contribution is 2.34. The molecule has 24 heavy (non-hydrogen) atoms. The van der Waals surface area contributed by atoms with Gasteiger partial charge in [0.1, 0.15) is 0 Å². The predicted octanol–water partition coefficient (Wildman–Crippen LogP) is 3.45. The van der Waals surface area contributed by atoms with Crippen molar-refractivity contribution in [1.82, 2.24) is 9.78 Å². The van der Waals surface area contributed by atoms with Gasteiger partial charge in [0.15, 0.2) is 6.23 Å². The molecule has 0 bridgehead atoms. The molecule has 0 aliphatic carbocycles. The summed E-state index contributed by atoms with van der Waals surface area (Å²) < 4.78 is 13.0. The fourth-order valence-electron chi connectivity index (χ4n) is 3.40. The number of benzene rings is 1. The fourth-order valence-corrected chi connectivity index (χ4v) is 3.40. The van der Waals surface area contributed by atoms with Gasteiger partial charge in [-0.15, -0.1) is 0 Å². The molecule has 0 radical (unpaired) electrons. The first-order chi connectivity index (χ1) is 11.7. The normalized spacial score (nSPS) is 21.7. The molecule has 0 saturated carbocycles. The molecule has 3 heterocycles. The topological polar surface area (TPSA) is 79.4 Å². The molecule has 4 rings (SSSR count). The Morgan fingerprint density at radius 3 is 2.92 bits per heavy atom. The van der Waals surface area contributed by atoms with Crippen LogP contribution in [0.4, 0.5) is 5.69 Å². The molecule has 1 aromatic carbocycles. The summed E-state index contributed by atoms with van der Waals surface area (Å²) in [5, 5.41) is 16.5. The average molecular weight is 329 g/mol. The van der Waals surface area contributed by atoms with Gasteiger partial charge in [-0.1, -0.05) is 6.08 Å². The first kappa shape index (κ1) is 15.3. The van der Waals surface area contributed by atoms with Gasteiger partial charge in [-0.2, -0.15) is 5.10 Å². The molecule has 2 aromatic rings. The van der Waals surface area contributed by atoms with E-state index in [2.05, 4.69) is 5.10 Å². The van der Waals surface area contributed by atoms with E-state index >= 15 is 0 Å². The first-order valence-electron chi connectivity index (χ1n) is 8.28. The number of nitrogens with zero attached hydrogens (tertiary/aromatic N) is 3. The molecule has 1 aromatic heterocycles. The standard InChI is InChI=1S/C17H19N3O4/c21-20(22)16-10-13(12-4-7-23-8-5-12)9-15-14(16)11-18-19(15)17-3-1-2-6-24-17/h4,9-11,17H,1-3,5-8H2. The third-order valence-corrected chi connectivity index (χ3v) is 4.65. The average Bonchev–Trinajstić information content (AvgIpc) is 3.06. The summed E-state index contributed by atoms with van der Waals surface area (Å²) >= 11 is 0. The Bertz CT molecular complexity index is 806. The fraction of sp³-hybridized carbons (Fsp3) is 0.471. The summed E-state index contributed by atoms with van der Waals surface area (Å²) in [6.07, 6.45) is 7.20. The minimum atomic E-state index is -0.334. The third kappa shape index (κ3) is 2.70. The minimum absolute atomic E-state index is 0.0944. The molecule has 2 aliphatic heterocycles. The maximum absolute atomic E-state index is 11.5. The number of ether oxygens (including phenoxy) is 2. The van der Waals surface area contributed by atoms with E-state index in [1.54, 1.807) is 16.9 Å². The van der Waals surface area contributed by atoms with Crippen LogP contribution in [-0.2, 0) is 9.47 Å². The zero-order valence-corrected chi connectivity index (χ0v) is 13.3. The summed E-state index contributed by atoms with van der Waals surface area (Å²) in [6, 6.07) is 3.64. The second kappa shape index (κ2) is 6.33. The number of aromatic nitrogens is 2. The highest BCUT2D eigenvalue weighted by molar-refractivity contribution is 5.91. The molecule has 126 valence electrons. The van der Waals surface area contributed by atoms with Crippen LogP contribution in [0.15, 0.2) is 24.4 Å². The van der Waals surface area contributed by atoms with Crippen LogP contribution < -0.4 is 0 Å². The zero-order valence-electron chi connectivity index (χ0n) is 13.3. The van der Waals surface area contributed by atoms with Crippen LogP contribution in [0, 0.1) is 10.1 Å². The summed E-state index contributed by atoms with van der Waals surface area (Å²) in [4.78, 5) is 11.2. The van der Waals surface area contributed by atoms with Crippen LogP contribution in [0.1, 0.15) is 37.5 Å². The molecule has 2 aliphatic rings. The van der Waals surface area contributed by atoms with Gasteiger partial charge in [-0.05, 0) is 42.9 Å². The van der Waals surface area contributed by atoms with Gasteiger partial charge < -0.3 is 9.47 Å². The van der Waals surface area contributed by atoms with E-state index in [1.807, 2.05) is 12.1 Å². The molecule has 0 N–H and O–H groups in total. The quantitative estimate of drug-likeness (QED) is 0.636. The molecule has 0 amide bonds. The van der Waals surface area contributed by atoms with Crippen LogP contribution >= 0.6 is 0 Å². The Morgan fingerprint density at radius 2 is 2.21 bits per heavy atom. The van der Waals surface area contributed by atoms with Gasteiger partial charge in [-0.25, -0.2) is 4.68 Å². The first-order valence-corrected chi connectivity index (χ1v) is 8.28. The Balaban J connectivity index is 1.85. The lowest BCUT2D eigenvalue weighted by Gasteiger charge is -2.23. The SMILES string of the molecule is O=[N+]([O-])c1cc(C2=CCOCC2)cc2c1cnn2C1CCCCO1. The van der Waals surface area contributed by atoms with Crippen LogP contribution in [0.25, 0.3) is 16.5 Å². The second-order valence-electron chi connectivity index (χ2n) is 6.15. The summed E-state index contributed by atoms with van der Waals surface area (Å²) in [6.45, 7) is 1.89. The van der Waals surface area contributed by atoms with Crippen molar-refractivity contribution in [2.24, 2.45) is 0 Å². The molecule has 1 unspecified atom stereocenters. The maximum Gasteiger partial charge on any atom is 0.280 e. The molecule has 1 atom stereocenters. The number of non-ortho nitro benzene ring substituents is 1. The number of fused-ring (bicyclic) bond motifs is 1. The predicted molar refractivity (Wildman–Crippen MR) is 88.6 cm³/mol. The van der Waals surface area contributed by atoms with E-state index in [9.17, 15) is 10.1 Å². The van der Waals surface area contributed by atoms with Gasteiger partial charge >= 0.3 is 0 Å². The second-order valence-corrected chi connectivity index (χ2v) is 6.15. The smallest absolute Gasteiger partial charge is 0.280 e. The lowest BCUT2D eigenvalue weighted by atomic mass is 9.99. The molecule has 7 heteroatoms.